The zero-order chi connectivity index (χ0) is 10.3. The van der Waals surface area contributed by atoms with Gasteiger partial charge in [-0.2, -0.15) is 0 Å². The third kappa shape index (κ3) is 3.38. The fourth-order valence-electron chi connectivity index (χ4n) is 0.844. The summed E-state index contributed by atoms with van der Waals surface area (Å²) in [4.78, 5) is 10.4. The molecule has 72 valence electrons. The Morgan fingerprint density at radius 3 is 2.08 bits per heavy atom. The van der Waals surface area contributed by atoms with Gasteiger partial charge in [-0.05, 0) is 12.5 Å². The highest BCUT2D eigenvalue weighted by Crippen LogP contribution is 2.16. The Morgan fingerprint density at radius 1 is 1.23 bits per heavy atom. The van der Waals surface area contributed by atoms with Crippen molar-refractivity contribution in [3.63, 3.8) is 0 Å². The third-order valence-electron chi connectivity index (χ3n) is 1.59. The zero-order valence-electron chi connectivity index (χ0n) is 8.32. The van der Waals surface area contributed by atoms with Crippen molar-refractivity contribution >= 4 is 6.29 Å². The molecule has 2 nitrogen and oxygen atoms in total. The second-order valence-corrected chi connectivity index (χ2v) is 2.63. The molecule has 0 fully saturated rings. The highest BCUT2D eigenvalue weighted by molar-refractivity contribution is 5.64. The van der Waals surface area contributed by atoms with Gasteiger partial charge in [0.05, 0.1) is 0 Å². The summed E-state index contributed by atoms with van der Waals surface area (Å²) < 4.78 is 0. The molecule has 0 radical (unpaired) electrons. The van der Waals surface area contributed by atoms with Gasteiger partial charge in [0.25, 0.3) is 0 Å². The highest BCUT2D eigenvalue weighted by Gasteiger charge is 2.20. The van der Waals surface area contributed by atoms with Crippen molar-refractivity contribution in [2.75, 3.05) is 0 Å². The predicted molar refractivity (Wildman–Crippen MR) is 53.4 cm³/mol. The maximum atomic E-state index is 10.4. The fraction of sp³-hybridized carbons (Fsp3) is 0.364. The fourth-order valence-corrected chi connectivity index (χ4v) is 0.844. The van der Waals surface area contributed by atoms with E-state index in [0.29, 0.717) is 11.8 Å². The molecule has 13 heavy (non-hydrogen) atoms. The Balaban J connectivity index is 0.000000671. The summed E-state index contributed by atoms with van der Waals surface area (Å²) in [6.45, 7) is 5.47. The van der Waals surface area contributed by atoms with Crippen LogP contribution in [-0.4, -0.2) is 11.4 Å². The van der Waals surface area contributed by atoms with Gasteiger partial charge in [0.2, 0.25) is 0 Å². The molecule has 0 spiro atoms. The smallest absolute Gasteiger partial charge is 0.155 e. The number of aliphatic hydroxyl groups is 1. The standard InChI is InChI=1S/C9H10O2.C2H6/c1-9(11,7-10)8-5-3-2-4-6-8;1-2/h2-7,11H,1H3;1-2H3. The zero-order valence-corrected chi connectivity index (χ0v) is 8.32. The van der Waals surface area contributed by atoms with Gasteiger partial charge in [0.1, 0.15) is 5.60 Å². The lowest BCUT2D eigenvalue weighted by molar-refractivity contribution is -0.123. The number of rotatable bonds is 2. The van der Waals surface area contributed by atoms with Crippen LogP contribution >= 0.6 is 0 Å². The molecule has 0 heterocycles. The minimum atomic E-state index is -1.35. The molecule has 0 amide bonds. The first-order valence-electron chi connectivity index (χ1n) is 4.41. The lowest BCUT2D eigenvalue weighted by Crippen LogP contribution is -2.22. The average molecular weight is 180 g/mol. The van der Waals surface area contributed by atoms with Crippen molar-refractivity contribution in [1.82, 2.24) is 0 Å². The van der Waals surface area contributed by atoms with Crippen LogP contribution in [0.25, 0.3) is 0 Å². The van der Waals surface area contributed by atoms with Crippen molar-refractivity contribution in [2.24, 2.45) is 0 Å². The molecule has 2 heteroatoms. The van der Waals surface area contributed by atoms with Gasteiger partial charge in [-0.1, -0.05) is 44.2 Å². The molecule has 1 N–H and O–H groups in total. The molecule has 0 aliphatic carbocycles. The molecule has 1 aromatic rings. The Kier molecular flexibility index (Phi) is 5.00. The maximum absolute atomic E-state index is 10.4. The molecule has 1 unspecified atom stereocenters. The van der Waals surface area contributed by atoms with Gasteiger partial charge in [-0.15, -0.1) is 0 Å². The van der Waals surface area contributed by atoms with Crippen LogP contribution in [0.15, 0.2) is 30.3 Å². The normalized spacial score (nSPS) is 13.5. The second-order valence-electron chi connectivity index (χ2n) is 2.63. The first-order valence-corrected chi connectivity index (χ1v) is 4.41. The van der Waals surface area contributed by atoms with Crippen LogP contribution in [-0.2, 0) is 10.4 Å². The Bertz CT molecular complexity index is 240. The third-order valence-corrected chi connectivity index (χ3v) is 1.59. The SMILES string of the molecule is CC.CC(O)(C=O)c1ccccc1. The van der Waals surface area contributed by atoms with Gasteiger partial charge in [-0.3, -0.25) is 4.79 Å². The Labute approximate surface area is 79.2 Å². The molecule has 1 aromatic carbocycles. The van der Waals surface area contributed by atoms with Gasteiger partial charge in [-0.25, -0.2) is 0 Å². The van der Waals surface area contributed by atoms with Crippen LogP contribution in [0.4, 0.5) is 0 Å². The van der Waals surface area contributed by atoms with E-state index in [1.165, 1.54) is 6.92 Å². The number of hydrogen-bond donors (Lipinski definition) is 1. The van der Waals surface area contributed by atoms with Crippen molar-refractivity contribution in [3.05, 3.63) is 35.9 Å². The molecule has 0 aliphatic rings. The molecule has 0 aromatic heterocycles. The van der Waals surface area contributed by atoms with E-state index in [-0.39, 0.29) is 0 Å². The summed E-state index contributed by atoms with van der Waals surface area (Å²) in [7, 11) is 0. The van der Waals surface area contributed by atoms with Gasteiger partial charge < -0.3 is 5.11 Å². The van der Waals surface area contributed by atoms with Gasteiger partial charge >= 0.3 is 0 Å². The lowest BCUT2D eigenvalue weighted by atomic mass is 9.98. The van der Waals surface area contributed by atoms with Crippen molar-refractivity contribution in [2.45, 2.75) is 26.4 Å². The van der Waals surface area contributed by atoms with Gasteiger partial charge in [0.15, 0.2) is 6.29 Å². The average Bonchev–Trinajstić information content (AvgIpc) is 2.22. The molecule has 1 rings (SSSR count). The molecule has 0 saturated carbocycles. The van der Waals surface area contributed by atoms with E-state index in [2.05, 4.69) is 0 Å². The van der Waals surface area contributed by atoms with E-state index in [1.54, 1.807) is 24.3 Å². The van der Waals surface area contributed by atoms with Crippen molar-refractivity contribution in [3.8, 4) is 0 Å². The molecule has 0 bridgehead atoms. The topological polar surface area (TPSA) is 37.3 Å². The summed E-state index contributed by atoms with van der Waals surface area (Å²) in [5.41, 5.74) is -0.726. The minimum absolute atomic E-state index is 0.530. The van der Waals surface area contributed by atoms with Crippen LogP contribution in [0, 0.1) is 0 Å². The summed E-state index contributed by atoms with van der Waals surface area (Å²) in [5.74, 6) is 0. The first kappa shape index (κ1) is 11.8. The van der Waals surface area contributed by atoms with Crippen LogP contribution in [0.1, 0.15) is 26.3 Å². The number of aldehydes is 1. The van der Waals surface area contributed by atoms with Crippen molar-refractivity contribution < 1.29 is 9.90 Å². The molecular formula is C11H16O2. The van der Waals surface area contributed by atoms with E-state index in [1.807, 2.05) is 19.9 Å². The first-order chi connectivity index (χ1) is 6.17. The Morgan fingerprint density at radius 2 is 1.69 bits per heavy atom. The number of hydrogen-bond acceptors (Lipinski definition) is 2. The van der Waals surface area contributed by atoms with Crippen LogP contribution in [0.5, 0.6) is 0 Å². The highest BCUT2D eigenvalue weighted by atomic mass is 16.3. The summed E-state index contributed by atoms with van der Waals surface area (Å²) in [6, 6.07) is 8.84. The van der Waals surface area contributed by atoms with Crippen molar-refractivity contribution in [1.29, 1.82) is 0 Å². The van der Waals surface area contributed by atoms with E-state index < -0.39 is 5.60 Å². The maximum Gasteiger partial charge on any atom is 0.155 e. The monoisotopic (exact) mass is 180 g/mol. The molecule has 1 atom stereocenters. The summed E-state index contributed by atoms with van der Waals surface area (Å²) in [5, 5.41) is 9.43. The van der Waals surface area contributed by atoms with E-state index in [9.17, 15) is 9.90 Å². The lowest BCUT2D eigenvalue weighted by Gasteiger charge is -2.14. The molecule has 0 aliphatic heterocycles. The Hall–Kier alpha value is -1.15. The molecular weight excluding hydrogens is 164 g/mol. The summed E-state index contributed by atoms with van der Waals surface area (Å²) in [6.07, 6.45) is 0.530. The van der Waals surface area contributed by atoms with E-state index in [4.69, 9.17) is 0 Å². The largest absolute Gasteiger partial charge is 0.378 e. The van der Waals surface area contributed by atoms with Gasteiger partial charge in [0, 0.05) is 0 Å². The number of carbonyl (C=O) groups is 1. The van der Waals surface area contributed by atoms with Crippen LogP contribution in [0.3, 0.4) is 0 Å². The second kappa shape index (κ2) is 5.49. The van der Waals surface area contributed by atoms with Crippen LogP contribution in [0.2, 0.25) is 0 Å². The summed E-state index contributed by atoms with van der Waals surface area (Å²) >= 11 is 0. The number of benzene rings is 1. The van der Waals surface area contributed by atoms with Crippen LogP contribution < -0.4 is 0 Å². The quantitative estimate of drug-likeness (QED) is 0.708. The van der Waals surface area contributed by atoms with E-state index in [0.717, 1.165) is 0 Å². The predicted octanol–water partition coefficient (Wildman–Crippen LogP) is 2.12. The molecule has 0 saturated heterocycles. The van der Waals surface area contributed by atoms with E-state index >= 15 is 0 Å². The minimum Gasteiger partial charge on any atom is -0.378 e. The number of carbonyl (C=O) groups excluding carboxylic acids is 1.